The second kappa shape index (κ2) is 30.2. The van der Waals surface area contributed by atoms with Gasteiger partial charge in [0.2, 0.25) is 29.5 Å². The first-order valence-corrected chi connectivity index (χ1v) is 30.1. The van der Waals surface area contributed by atoms with E-state index in [0.717, 1.165) is 117 Å². The van der Waals surface area contributed by atoms with E-state index in [0.29, 0.717) is 32.4 Å². The zero-order chi connectivity index (χ0) is 58.0. The van der Waals surface area contributed by atoms with Crippen LogP contribution < -0.4 is 42.5 Å². The number of unbranched alkanes of at least 4 members (excludes halogenated alkanes) is 2. The number of nitrogens with zero attached hydrogens (tertiary/aromatic N) is 2. The van der Waals surface area contributed by atoms with Crippen LogP contribution in [-0.2, 0) is 41.6 Å². The number of aryl methyl sites for hydroxylation is 2. The number of fused-ring (bicyclic) bond motifs is 2. The summed E-state index contributed by atoms with van der Waals surface area (Å²) < 4.78 is 0. The number of likely N-dealkylation sites (N-methyl/N-ethyl adjacent to an activating group) is 2. The van der Waals surface area contributed by atoms with Gasteiger partial charge in [-0.1, -0.05) is 147 Å². The van der Waals surface area contributed by atoms with Crippen molar-refractivity contribution in [1.82, 2.24) is 47.0 Å². The molecule has 0 spiro atoms. The lowest BCUT2D eigenvalue weighted by Crippen LogP contribution is -2.92. The van der Waals surface area contributed by atoms with Crippen molar-refractivity contribution in [3.63, 3.8) is 0 Å². The molecule has 3 fully saturated rings. The summed E-state index contributed by atoms with van der Waals surface area (Å²) in [4.78, 5) is 98.6. The molecule has 0 aliphatic carbocycles. The molecule has 3 saturated heterocycles. The third-order valence-corrected chi connectivity index (χ3v) is 17.1. The van der Waals surface area contributed by atoms with Gasteiger partial charge in [0, 0.05) is 30.3 Å². The lowest BCUT2D eigenvalue weighted by Gasteiger charge is -2.36. The van der Waals surface area contributed by atoms with Crippen LogP contribution in [0.2, 0.25) is 0 Å². The van der Waals surface area contributed by atoms with E-state index in [1.54, 1.807) is 43.1 Å². The van der Waals surface area contributed by atoms with Gasteiger partial charge >= 0.3 is 11.9 Å². The van der Waals surface area contributed by atoms with Crippen molar-refractivity contribution < 1.29 is 38.9 Å². The first-order valence-electron chi connectivity index (χ1n) is 30.1. The molecule has 4 aliphatic heterocycles. The van der Waals surface area contributed by atoms with E-state index in [4.69, 9.17) is 0 Å². The van der Waals surface area contributed by atoms with E-state index in [1.807, 2.05) is 72.8 Å². The lowest BCUT2D eigenvalue weighted by molar-refractivity contribution is -0.604. The first kappa shape index (κ1) is 60.9. The predicted octanol–water partition coefficient (Wildman–Crippen LogP) is 5.55. The molecule has 0 aromatic heterocycles. The largest absolute Gasteiger partial charge is 0.343 e. The van der Waals surface area contributed by atoms with Gasteiger partial charge in [-0.25, -0.2) is 9.59 Å². The maximum absolute atomic E-state index is 14.3. The average molecular weight is 1120 g/mol. The Hall–Kier alpha value is -7.21. The van der Waals surface area contributed by atoms with E-state index < -0.39 is 42.3 Å². The second-order valence-corrected chi connectivity index (χ2v) is 22.7. The molecule has 0 saturated carbocycles. The summed E-state index contributed by atoms with van der Waals surface area (Å²) in [5, 5.41) is 22.8. The Balaban J connectivity index is 0.759. The second-order valence-electron chi connectivity index (χ2n) is 22.7. The molecule has 82 heavy (non-hydrogen) atoms. The fourth-order valence-electron chi connectivity index (χ4n) is 12.0. The van der Waals surface area contributed by atoms with Crippen LogP contribution >= 0.6 is 0 Å². The minimum absolute atomic E-state index is 0.0342. The van der Waals surface area contributed by atoms with Gasteiger partial charge in [-0.2, -0.15) is 0 Å². The molecule has 4 aromatic rings. The van der Waals surface area contributed by atoms with Gasteiger partial charge in [0.15, 0.2) is 6.04 Å². The smallest absolute Gasteiger partial charge is 0.337 e. The van der Waals surface area contributed by atoms with Gasteiger partial charge in [0.05, 0.1) is 24.2 Å². The number of amides is 8. The normalized spacial score (nSPS) is 22.2. The van der Waals surface area contributed by atoms with Crippen LogP contribution in [0.3, 0.4) is 0 Å². The minimum atomic E-state index is -0.747. The van der Waals surface area contributed by atoms with E-state index in [1.165, 1.54) is 0 Å². The highest BCUT2D eigenvalue weighted by atomic mass is 16.2. The van der Waals surface area contributed by atoms with Crippen LogP contribution in [0.15, 0.2) is 121 Å². The fourth-order valence-corrected chi connectivity index (χ4v) is 12.0. The van der Waals surface area contributed by atoms with Crippen LogP contribution in [0.4, 0.5) is 4.79 Å². The van der Waals surface area contributed by atoms with Gasteiger partial charge in [0.25, 0.3) is 0 Å². The van der Waals surface area contributed by atoms with Crippen molar-refractivity contribution in [2.75, 3.05) is 27.2 Å². The summed E-state index contributed by atoms with van der Waals surface area (Å²) in [5.41, 5.74) is 6.15. The molecule has 1 unspecified atom stereocenters. The van der Waals surface area contributed by atoms with Crippen molar-refractivity contribution in [3.05, 3.63) is 155 Å². The number of quaternary nitrogens is 1. The molecule has 438 valence electrons. The fraction of sp³-hybridized carbons (Fsp3) is 0.492. The molecule has 10 atom stereocenters. The molecule has 8 amide bonds. The summed E-state index contributed by atoms with van der Waals surface area (Å²) >= 11 is 0. The quantitative estimate of drug-likeness (QED) is 0.0325. The van der Waals surface area contributed by atoms with E-state index in [-0.39, 0.29) is 59.6 Å². The molecule has 8 rings (SSSR count). The molecule has 0 radical (unpaired) electrons. The first-order chi connectivity index (χ1) is 39.8. The number of rotatable bonds is 24. The van der Waals surface area contributed by atoms with Crippen molar-refractivity contribution >= 4 is 41.5 Å². The van der Waals surface area contributed by atoms with Gasteiger partial charge in [0.1, 0.15) is 24.2 Å². The highest BCUT2D eigenvalue weighted by Gasteiger charge is 2.46. The zero-order valence-corrected chi connectivity index (χ0v) is 48.4. The van der Waals surface area contributed by atoms with E-state index in [2.05, 4.69) is 85.7 Å². The summed E-state index contributed by atoms with van der Waals surface area (Å²) in [5.74, 6) is -1.21. The van der Waals surface area contributed by atoms with Crippen LogP contribution in [0.1, 0.15) is 149 Å². The third-order valence-electron chi connectivity index (χ3n) is 17.1. The summed E-state index contributed by atoms with van der Waals surface area (Å²) in [6.45, 7) is 4.63. The van der Waals surface area contributed by atoms with Crippen LogP contribution in [0.25, 0.3) is 0 Å². The molecule has 4 heterocycles. The molecule has 17 nitrogen and oxygen atoms in total. The monoisotopic (exact) mass is 1120 g/mol. The maximum Gasteiger partial charge on any atom is 0.337 e. The number of urea groups is 1. The van der Waals surface area contributed by atoms with Crippen molar-refractivity contribution in [2.24, 2.45) is 0 Å². The summed E-state index contributed by atoms with van der Waals surface area (Å²) in [6, 6.07) is 31.7. The maximum atomic E-state index is 14.3. The highest BCUT2D eigenvalue weighted by Crippen LogP contribution is 2.33. The van der Waals surface area contributed by atoms with Crippen LogP contribution in [0, 0.1) is 0 Å². The van der Waals surface area contributed by atoms with Crippen LogP contribution in [0.5, 0.6) is 0 Å². The summed E-state index contributed by atoms with van der Waals surface area (Å²) in [7, 11) is 3.42. The number of carbonyl (C=O) groups is 7. The third kappa shape index (κ3) is 16.1. The Kier molecular flexibility index (Phi) is 22.4. The standard InChI is InChI=1S/C65H86N10O7/c1-43(66-3)59(76)70-53-27-13-11-25-51-37-39-55(74(51)63(53)80)61(78)72-57(47-21-7-5-8-22-47)49-33-29-45(30-34-49)19-15-17-41-68-65(82)69-42-18-16-20-46-31-35-50(36-32-46)58(48-23-9-6-10-24-48)73-62(79)56-40-38-52-26-12-14-28-54(64(81)75(52)56)71-60(77)44(2)67-4/h5-10,21-24,29-37,39,43-44,51-58,66-67H,11-20,25-28,38,40-42H2,1-4H3,(H,70,76)(H,71,77)(H,72,78)(H,73,79)(H2,68,69,82)/p+1/t43-,44-,51?,52-,53-,54-,55-,56-,57-,58-/m0/s1. The molecule has 17 heteroatoms. The number of carbonyl (C=O) groups excluding carboxylic acids is 7. The zero-order valence-electron chi connectivity index (χ0n) is 48.4. The highest BCUT2D eigenvalue weighted by molar-refractivity contribution is 5.95. The number of hydrogen-bond donors (Lipinski definition) is 8. The number of nitrogens with one attached hydrogen (secondary N) is 7. The molecule has 0 bridgehead atoms. The minimum Gasteiger partial charge on any atom is -0.343 e. The lowest BCUT2D eigenvalue weighted by atomic mass is 9.96. The van der Waals surface area contributed by atoms with Crippen molar-refractivity contribution in [1.29, 1.82) is 0 Å². The molecule has 4 aliphatic rings. The Morgan fingerprint density at radius 1 is 0.549 bits per heavy atom. The Labute approximate surface area is 484 Å². The number of hydrogen-bond acceptors (Lipinski definition) is 9. The SMILES string of the molecule is CN[C@@H](C)C(=O)N[C@H]1CCCCC2C=C[C@@H](C(=O)[NH2+][C@@H](c3ccccc3)c3ccc(CCCCNC(=O)NCCCCc4ccc([C@@H](NC(=O)[C@@H]5CC[C@@H]6CCCC[C@H](NC(=O)[C@H](C)NC)C(=O)N65)c5ccccc5)cc4)cc3)N2C1=O. The molecule has 4 aromatic carbocycles. The molecular formula is C65H87N10O7+. The predicted molar refractivity (Wildman–Crippen MR) is 317 cm³/mol. The topological polar surface area (TPSA) is 227 Å². The van der Waals surface area contributed by atoms with Gasteiger partial charge < -0.3 is 47.0 Å². The Bertz CT molecular complexity index is 2800. The van der Waals surface area contributed by atoms with E-state index in [9.17, 15) is 33.6 Å². The van der Waals surface area contributed by atoms with Gasteiger partial charge in [-0.3, -0.25) is 29.3 Å². The number of nitrogens with two attached hydrogens (primary N) is 1. The molecule has 9 N–H and O–H groups in total. The van der Waals surface area contributed by atoms with Crippen molar-refractivity contribution in [2.45, 2.75) is 177 Å². The van der Waals surface area contributed by atoms with Gasteiger partial charge in [-0.05, 0) is 127 Å². The average Bonchev–Trinajstić information content (AvgIpc) is 4.22. The summed E-state index contributed by atoms with van der Waals surface area (Å²) in [6.07, 6.45) is 16.4. The Morgan fingerprint density at radius 2 is 1.04 bits per heavy atom. The van der Waals surface area contributed by atoms with E-state index >= 15 is 0 Å². The van der Waals surface area contributed by atoms with Crippen LogP contribution in [-0.4, -0.2) is 127 Å². The van der Waals surface area contributed by atoms with Gasteiger partial charge in [-0.15, -0.1) is 0 Å². The number of primary amides is 1. The Morgan fingerprint density at radius 3 is 1.60 bits per heavy atom. The molecular weight excluding hydrogens is 1030 g/mol. The van der Waals surface area contributed by atoms with Crippen molar-refractivity contribution in [3.8, 4) is 0 Å². The number of benzene rings is 4.